The van der Waals surface area contributed by atoms with Gasteiger partial charge in [0.05, 0.1) is 12.0 Å². The Morgan fingerprint density at radius 2 is 2.06 bits per heavy atom. The molecule has 3 nitrogen and oxygen atoms in total. The number of allylic oxidation sites excluding steroid dienone is 3. The van der Waals surface area contributed by atoms with Gasteiger partial charge in [0.15, 0.2) is 0 Å². The minimum absolute atomic E-state index is 0.152. The Balaban J connectivity index is 2.32. The molecule has 3 heteroatoms. The van der Waals surface area contributed by atoms with Crippen LogP contribution in [0.3, 0.4) is 0 Å². The van der Waals surface area contributed by atoms with E-state index < -0.39 is 5.97 Å². The van der Waals surface area contributed by atoms with Gasteiger partial charge in [-0.3, -0.25) is 4.79 Å². The van der Waals surface area contributed by atoms with Crippen LogP contribution in [0.1, 0.15) is 33.6 Å². The molecule has 2 aliphatic carbocycles. The summed E-state index contributed by atoms with van der Waals surface area (Å²) >= 11 is 0. The molecule has 2 aliphatic rings. The van der Waals surface area contributed by atoms with E-state index in [1.165, 1.54) is 5.57 Å². The highest BCUT2D eigenvalue weighted by Gasteiger charge is 2.40. The van der Waals surface area contributed by atoms with Gasteiger partial charge in [-0.05, 0) is 50.0 Å². The summed E-state index contributed by atoms with van der Waals surface area (Å²) in [5, 5.41) is 19.2. The fourth-order valence-electron chi connectivity index (χ4n) is 3.38. The van der Waals surface area contributed by atoms with E-state index in [1.807, 2.05) is 6.92 Å². The summed E-state index contributed by atoms with van der Waals surface area (Å²) < 4.78 is 0. The van der Waals surface area contributed by atoms with Crippen LogP contribution in [0, 0.1) is 23.7 Å². The smallest absolute Gasteiger partial charge is 0.306 e. The molecule has 0 amide bonds. The van der Waals surface area contributed by atoms with E-state index in [-0.39, 0.29) is 23.9 Å². The standard InChI is InChI=1S/C15H22O3/c1-8-4-5-11(10(3)15(17)18)13-6-9(2)14(16)7-12(8)13/h4,6,10-14,16H,5,7H2,1-3H3,(H,17,18). The predicted octanol–water partition coefficient (Wildman–Crippen LogP) is 2.62. The van der Waals surface area contributed by atoms with Crippen LogP contribution in [-0.4, -0.2) is 22.3 Å². The summed E-state index contributed by atoms with van der Waals surface area (Å²) in [5.74, 6) is -0.322. The van der Waals surface area contributed by atoms with E-state index in [1.54, 1.807) is 6.92 Å². The minimum atomic E-state index is -0.719. The zero-order chi connectivity index (χ0) is 13.4. The van der Waals surface area contributed by atoms with Gasteiger partial charge in [-0.15, -0.1) is 0 Å². The molecule has 18 heavy (non-hydrogen) atoms. The molecule has 0 aromatic carbocycles. The molecular weight excluding hydrogens is 228 g/mol. The fourth-order valence-corrected chi connectivity index (χ4v) is 3.38. The molecule has 2 rings (SSSR count). The molecule has 5 atom stereocenters. The molecule has 0 saturated heterocycles. The molecule has 0 heterocycles. The fraction of sp³-hybridized carbons (Fsp3) is 0.667. The van der Waals surface area contributed by atoms with Crippen LogP contribution in [0.5, 0.6) is 0 Å². The maximum Gasteiger partial charge on any atom is 0.306 e. The summed E-state index contributed by atoms with van der Waals surface area (Å²) in [6, 6.07) is 0. The number of carboxylic acids is 1. The summed E-state index contributed by atoms with van der Waals surface area (Å²) in [6.07, 6.45) is 5.47. The van der Waals surface area contributed by atoms with E-state index in [9.17, 15) is 15.0 Å². The number of aliphatic carboxylic acids is 1. The molecule has 2 N–H and O–H groups in total. The second-order valence-corrected chi connectivity index (χ2v) is 5.82. The third-order valence-corrected chi connectivity index (χ3v) is 4.75. The molecule has 0 radical (unpaired) electrons. The molecule has 100 valence electrons. The Morgan fingerprint density at radius 3 is 2.67 bits per heavy atom. The Morgan fingerprint density at radius 1 is 1.39 bits per heavy atom. The summed E-state index contributed by atoms with van der Waals surface area (Å²) in [6.45, 7) is 5.84. The lowest BCUT2D eigenvalue weighted by molar-refractivity contribution is -0.143. The van der Waals surface area contributed by atoms with E-state index in [0.29, 0.717) is 5.92 Å². The first kappa shape index (κ1) is 13.3. The van der Waals surface area contributed by atoms with Gasteiger partial charge in [-0.2, -0.15) is 0 Å². The van der Waals surface area contributed by atoms with Gasteiger partial charge in [-0.1, -0.05) is 24.6 Å². The first-order valence-electron chi connectivity index (χ1n) is 6.67. The first-order valence-corrected chi connectivity index (χ1v) is 6.67. The van der Waals surface area contributed by atoms with Crippen molar-refractivity contribution in [3.05, 3.63) is 23.3 Å². The van der Waals surface area contributed by atoms with Crippen molar-refractivity contribution in [2.75, 3.05) is 0 Å². The van der Waals surface area contributed by atoms with Crippen LogP contribution in [0.4, 0.5) is 0 Å². The number of hydrogen-bond acceptors (Lipinski definition) is 2. The average molecular weight is 250 g/mol. The van der Waals surface area contributed by atoms with Crippen molar-refractivity contribution in [1.29, 1.82) is 0 Å². The number of aliphatic hydroxyl groups excluding tert-OH is 1. The lowest BCUT2D eigenvalue weighted by Crippen LogP contribution is -2.38. The van der Waals surface area contributed by atoms with Crippen molar-refractivity contribution in [3.8, 4) is 0 Å². The van der Waals surface area contributed by atoms with Crippen molar-refractivity contribution in [2.24, 2.45) is 23.7 Å². The molecule has 0 fully saturated rings. The van der Waals surface area contributed by atoms with E-state index >= 15 is 0 Å². The third-order valence-electron chi connectivity index (χ3n) is 4.75. The molecular formula is C15H22O3. The van der Waals surface area contributed by atoms with Crippen LogP contribution >= 0.6 is 0 Å². The summed E-state index contributed by atoms with van der Waals surface area (Å²) in [5.41, 5.74) is 2.30. The predicted molar refractivity (Wildman–Crippen MR) is 70.0 cm³/mol. The van der Waals surface area contributed by atoms with Crippen LogP contribution < -0.4 is 0 Å². The van der Waals surface area contributed by atoms with Gasteiger partial charge in [-0.25, -0.2) is 0 Å². The van der Waals surface area contributed by atoms with Gasteiger partial charge in [0.2, 0.25) is 0 Å². The maximum atomic E-state index is 11.2. The normalized spacial score (nSPS) is 37.3. The zero-order valence-electron chi connectivity index (χ0n) is 11.3. The molecule has 0 bridgehead atoms. The third kappa shape index (κ3) is 2.24. The maximum absolute atomic E-state index is 11.2. The monoisotopic (exact) mass is 250 g/mol. The van der Waals surface area contributed by atoms with Gasteiger partial charge in [0.25, 0.3) is 0 Å². The molecule has 0 spiro atoms. The molecule has 0 aliphatic heterocycles. The molecule has 0 saturated carbocycles. The highest BCUT2D eigenvalue weighted by atomic mass is 16.4. The van der Waals surface area contributed by atoms with Crippen molar-refractivity contribution < 1.29 is 15.0 Å². The number of rotatable bonds is 2. The van der Waals surface area contributed by atoms with Crippen LogP contribution in [-0.2, 0) is 4.79 Å². The summed E-state index contributed by atoms with van der Waals surface area (Å²) in [7, 11) is 0. The Bertz CT molecular complexity index is 408. The number of hydrogen-bond donors (Lipinski definition) is 2. The molecule has 0 aromatic rings. The lowest BCUT2D eigenvalue weighted by atomic mass is 9.63. The van der Waals surface area contributed by atoms with E-state index in [4.69, 9.17) is 0 Å². The molecule has 0 aromatic heterocycles. The second kappa shape index (κ2) is 4.88. The number of carbonyl (C=O) groups is 1. The van der Waals surface area contributed by atoms with Crippen molar-refractivity contribution in [2.45, 2.75) is 39.7 Å². The van der Waals surface area contributed by atoms with E-state index in [0.717, 1.165) is 18.4 Å². The summed E-state index contributed by atoms with van der Waals surface area (Å²) in [4.78, 5) is 11.2. The van der Waals surface area contributed by atoms with Gasteiger partial charge in [0, 0.05) is 0 Å². The Labute approximate surface area is 108 Å². The van der Waals surface area contributed by atoms with Crippen LogP contribution in [0.15, 0.2) is 23.3 Å². The quantitative estimate of drug-likeness (QED) is 0.741. The number of carboxylic acid groups (broad SMARTS) is 1. The Hall–Kier alpha value is -1.09. The van der Waals surface area contributed by atoms with Gasteiger partial charge >= 0.3 is 5.97 Å². The van der Waals surface area contributed by atoms with Gasteiger partial charge in [0.1, 0.15) is 0 Å². The van der Waals surface area contributed by atoms with E-state index in [2.05, 4.69) is 19.1 Å². The molecule has 5 unspecified atom stereocenters. The first-order chi connectivity index (χ1) is 8.41. The second-order valence-electron chi connectivity index (χ2n) is 5.82. The van der Waals surface area contributed by atoms with Crippen molar-refractivity contribution >= 4 is 5.97 Å². The van der Waals surface area contributed by atoms with Crippen molar-refractivity contribution in [1.82, 2.24) is 0 Å². The largest absolute Gasteiger partial charge is 0.481 e. The highest BCUT2D eigenvalue weighted by molar-refractivity contribution is 5.70. The Kier molecular flexibility index (Phi) is 3.62. The number of aliphatic hydroxyl groups is 1. The van der Waals surface area contributed by atoms with Gasteiger partial charge < -0.3 is 10.2 Å². The topological polar surface area (TPSA) is 57.5 Å². The minimum Gasteiger partial charge on any atom is -0.481 e. The van der Waals surface area contributed by atoms with Crippen molar-refractivity contribution in [3.63, 3.8) is 0 Å². The van der Waals surface area contributed by atoms with Crippen LogP contribution in [0.25, 0.3) is 0 Å². The van der Waals surface area contributed by atoms with Crippen LogP contribution in [0.2, 0.25) is 0 Å². The number of fused-ring (bicyclic) bond motifs is 1. The highest BCUT2D eigenvalue weighted by Crippen LogP contribution is 2.45. The lowest BCUT2D eigenvalue weighted by Gasteiger charge is -2.42. The zero-order valence-corrected chi connectivity index (χ0v) is 11.3. The SMILES string of the molecule is CC1=CC2C(CC1O)C(C)=CCC2C(C)C(=O)O. The average Bonchev–Trinajstić information content (AvgIpc) is 2.31.